The number of anilines is 1. The van der Waals surface area contributed by atoms with Gasteiger partial charge in [0, 0.05) is 20.1 Å². The van der Waals surface area contributed by atoms with Gasteiger partial charge in [0.15, 0.2) is 5.65 Å². The number of nitrogens with zero attached hydrogens (tertiary/aromatic N) is 4. The highest BCUT2D eigenvalue weighted by molar-refractivity contribution is 7.89. The topological polar surface area (TPSA) is 102 Å². The molecule has 3 aromatic rings. The number of halogens is 2. The van der Waals surface area contributed by atoms with Crippen molar-refractivity contribution >= 4 is 38.5 Å². The first-order valence-corrected chi connectivity index (χ1v) is 9.06. The smallest absolute Gasteiger partial charge is 0.240 e. The van der Waals surface area contributed by atoms with Crippen LogP contribution >= 0.6 is 11.6 Å². The van der Waals surface area contributed by atoms with Gasteiger partial charge in [-0.25, -0.2) is 27.5 Å². The zero-order valence-electron chi connectivity index (χ0n) is 13.1. The molecule has 8 nitrogen and oxygen atoms in total. The monoisotopic (exact) mass is 384 g/mol. The highest BCUT2D eigenvalue weighted by Gasteiger charge is 2.15. The first-order valence-electron chi connectivity index (χ1n) is 7.20. The van der Waals surface area contributed by atoms with Gasteiger partial charge in [-0.3, -0.25) is 4.68 Å². The van der Waals surface area contributed by atoms with Gasteiger partial charge in [-0.05, 0) is 18.2 Å². The maximum atomic E-state index is 13.1. The van der Waals surface area contributed by atoms with Crippen molar-refractivity contribution in [1.82, 2.24) is 24.5 Å². The molecular weight excluding hydrogens is 371 g/mol. The van der Waals surface area contributed by atoms with Crippen LogP contribution in [-0.2, 0) is 17.1 Å². The molecule has 2 heterocycles. The van der Waals surface area contributed by atoms with E-state index in [1.54, 1.807) is 17.9 Å². The Morgan fingerprint density at radius 3 is 2.84 bits per heavy atom. The van der Waals surface area contributed by atoms with E-state index in [2.05, 4.69) is 25.1 Å². The van der Waals surface area contributed by atoms with Crippen molar-refractivity contribution in [3.05, 3.63) is 41.6 Å². The van der Waals surface area contributed by atoms with Crippen molar-refractivity contribution < 1.29 is 12.8 Å². The molecule has 0 atom stereocenters. The number of aryl methyl sites for hydroxylation is 1. The summed E-state index contributed by atoms with van der Waals surface area (Å²) in [5.41, 5.74) is 0.666. The molecule has 2 N–H and O–H groups in total. The van der Waals surface area contributed by atoms with E-state index >= 15 is 0 Å². The highest BCUT2D eigenvalue weighted by Crippen LogP contribution is 2.19. The van der Waals surface area contributed by atoms with Crippen LogP contribution < -0.4 is 10.0 Å². The zero-order chi connectivity index (χ0) is 18.0. The van der Waals surface area contributed by atoms with Crippen molar-refractivity contribution in [2.24, 2.45) is 7.05 Å². The number of hydrogen-bond acceptors (Lipinski definition) is 6. The summed E-state index contributed by atoms with van der Waals surface area (Å²) in [5.74, 6) is -0.117. The molecule has 0 spiro atoms. The molecule has 0 amide bonds. The lowest BCUT2D eigenvalue weighted by Gasteiger charge is -2.09. The Hall–Kier alpha value is -2.30. The molecule has 0 unspecified atom stereocenters. The van der Waals surface area contributed by atoms with Crippen molar-refractivity contribution in [2.45, 2.75) is 4.90 Å². The standard InChI is InChI=1S/C14H14ClFN6O2S/c1-22-14-10(7-20-22)13(18-8-19-14)17-4-5-21-25(23,24)9-2-3-12(16)11(15)6-9/h2-3,6-8,21H,4-5H2,1H3,(H,17,18,19). The fraction of sp³-hybridized carbons (Fsp3) is 0.214. The Morgan fingerprint density at radius 2 is 2.08 bits per heavy atom. The van der Waals surface area contributed by atoms with Crippen molar-refractivity contribution in [3.8, 4) is 0 Å². The molecule has 2 aromatic heterocycles. The van der Waals surface area contributed by atoms with E-state index in [4.69, 9.17) is 11.6 Å². The van der Waals surface area contributed by atoms with E-state index in [0.29, 0.717) is 11.5 Å². The van der Waals surface area contributed by atoms with Crippen LogP contribution in [-0.4, -0.2) is 41.3 Å². The zero-order valence-corrected chi connectivity index (χ0v) is 14.6. The first kappa shape index (κ1) is 17.5. The van der Waals surface area contributed by atoms with Crippen LogP contribution in [0.4, 0.5) is 10.2 Å². The molecule has 3 rings (SSSR count). The maximum absolute atomic E-state index is 13.1. The molecule has 0 aliphatic rings. The van der Waals surface area contributed by atoms with E-state index in [1.165, 1.54) is 6.33 Å². The van der Waals surface area contributed by atoms with Crippen molar-refractivity contribution in [3.63, 3.8) is 0 Å². The molecule has 0 bridgehead atoms. The second-order valence-electron chi connectivity index (χ2n) is 5.13. The SMILES string of the molecule is Cn1ncc2c(NCCNS(=O)(=O)c3ccc(F)c(Cl)c3)ncnc21. The summed E-state index contributed by atoms with van der Waals surface area (Å²) in [6, 6.07) is 3.23. The molecule has 0 fully saturated rings. The number of fused-ring (bicyclic) bond motifs is 1. The second kappa shape index (κ2) is 6.90. The highest BCUT2D eigenvalue weighted by atomic mass is 35.5. The predicted molar refractivity (Wildman–Crippen MR) is 91.4 cm³/mol. The predicted octanol–water partition coefficient (Wildman–Crippen LogP) is 1.55. The van der Waals surface area contributed by atoms with Gasteiger partial charge in [0.05, 0.1) is 21.5 Å². The van der Waals surface area contributed by atoms with Gasteiger partial charge in [-0.1, -0.05) is 11.6 Å². The Kier molecular flexibility index (Phi) is 4.84. The third-order valence-corrected chi connectivity index (χ3v) is 5.19. The minimum Gasteiger partial charge on any atom is -0.368 e. The summed E-state index contributed by atoms with van der Waals surface area (Å²) in [6.07, 6.45) is 3.03. The lowest BCUT2D eigenvalue weighted by molar-refractivity contribution is 0.582. The van der Waals surface area contributed by atoms with Gasteiger partial charge in [0.1, 0.15) is 18.0 Å². The molecule has 132 valence electrons. The molecule has 0 aliphatic heterocycles. The van der Waals surface area contributed by atoms with Crippen LogP contribution in [0.5, 0.6) is 0 Å². The molecule has 25 heavy (non-hydrogen) atoms. The molecule has 0 radical (unpaired) electrons. The fourth-order valence-electron chi connectivity index (χ4n) is 2.20. The number of nitrogens with one attached hydrogen (secondary N) is 2. The van der Waals surface area contributed by atoms with Gasteiger partial charge in [-0.2, -0.15) is 5.10 Å². The summed E-state index contributed by atoms with van der Waals surface area (Å²) < 4.78 is 41.5. The minimum atomic E-state index is -3.78. The maximum Gasteiger partial charge on any atom is 0.240 e. The van der Waals surface area contributed by atoms with Gasteiger partial charge in [-0.15, -0.1) is 0 Å². The largest absolute Gasteiger partial charge is 0.368 e. The summed E-state index contributed by atoms with van der Waals surface area (Å²) in [5, 5.41) is 7.61. The Morgan fingerprint density at radius 1 is 1.28 bits per heavy atom. The lowest BCUT2D eigenvalue weighted by Crippen LogP contribution is -2.29. The number of hydrogen-bond donors (Lipinski definition) is 2. The molecule has 0 aliphatic carbocycles. The third kappa shape index (κ3) is 3.70. The summed E-state index contributed by atoms with van der Waals surface area (Å²) in [4.78, 5) is 8.14. The lowest BCUT2D eigenvalue weighted by atomic mass is 10.3. The van der Waals surface area contributed by atoms with E-state index in [1.807, 2.05) is 0 Å². The minimum absolute atomic E-state index is 0.100. The van der Waals surface area contributed by atoms with Crippen molar-refractivity contribution in [1.29, 1.82) is 0 Å². The Bertz CT molecular complexity index is 1020. The van der Waals surface area contributed by atoms with E-state index < -0.39 is 15.8 Å². The van der Waals surface area contributed by atoms with Crippen LogP contribution in [0.3, 0.4) is 0 Å². The van der Waals surface area contributed by atoms with E-state index in [9.17, 15) is 12.8 Å². The van der Waals surface area contributed by atoms with Gasteiger partial charge in [0.25, 0.3) is 0 Å². The number of sulfonamides is 1. The van der Waals surface area contributed by atoms with Crippen LogP contribution in [0.2, 0.25) is 5.02 Å². The van der Waals surface area contributed by atoms with E-state index in [-0.39, 0.29) is 23.0 Å². The summed E-state index contributed by atoms with van der Waals surface area (Å²) in [6.45, 7) is 0.387. The molecule has 0 saturated heterocycles. The van der Waals surface area contributed by atoms with Crippen LogP contribution in [0.15, 0.2) is 35.6 Å². The van der Waals surface area contributed by atoms with E-state index in [0.717, 1.165) is 23.6 Å². The third-order valence-electron chi connectivity index (χ3n) is 3.44. The summed E-state index contributed by atoms with van der Waals surface area (Å²) >= 11 is 5.62. The second-order valence-corrected chi connectivity index (χ2v) is 7.30. The summed E-state index contributed by atoms with van der Waals surface area (Å²) in [7, 11) is -2.02. The molecular formula is C14H14ClFN6O2S. The Balaban J connectivity index is 1.63. The fourth-order valence-corrected chi connectivity index (χ4v) is 3.50. The number of aromatic nitrogens is 4. The van der Waals surface area contributed by atoms with Crippen molar-refractivity contribution in [2.75, 3.05) is 18.4 Å². The number of rotatable bonds is 6. The average molecular weight is 385 g/mol. The first-order chi connectivity index (χ1) is 11.9. The van der Waals surface area contributed by atoms with Gasteiger partial charge in [0.2, 0.25) is 10.0 Å². The molecule has 11 heteroatoms. The average Bonchev–Trinajstić information content (AvgIpc) is 2.96. The van der Waals surface area contributed by atoms with Crippen LogP contribution in [0.1, 0.15) is 0 Å². The normalized spacial score (nSPS) is 11.8. The van der Waals surface area contributed by atoms with Crippen LogP contribution in [0, 0.1) is 5.82 Å². The quantitative estimate of drug-likeness (QED) is 0.625. The molecule has 1 aromatic carbocycles. The van der Waals surface area contributed by atoms with Crippen LogP contribution in [0.25, 0.3) is 11.0 Å². The van der Waals surface area contributed by atoms with Gasteiger partial charge < -0.3 is 5.32 Å². The van der Waals surface area contributed by atoms with Gasteiger partial charge >= 0.3 is 0 Å². The Labute approximate surface area is 148 Å². The number of benzene rings is 1. The molecule has 0 saturated carbocycles.